The molecule has 0 bridgehead atoms. The molecule has 0 unspecified atom stereocenters. The lowest BCUT2D eigenvalue weighted by atomic mass is 10.1. The minimum atomic E-state index is -0.431. The predicted molar refractivity (Wildman–Crippen MR) is 79.4 cm³/mol. The van der Waals surface area contributed by atoms with Crippen LogP contribution in [0.4, 0.5) is 5.69 Å². The fourth-order valence-electron chi connectivity index (χ4n) is 2.10. The molecule has 0 radical (unpaired) electrons. The van der Waals surface area contributed by atoms with E-state index < -0.39 is 5.97 Å². The summed E-state index contributed by atoms with van der Waals surface area (Å²) in [6.45, 7) is 0. The van der Waals surface area contributed by atoms with Crippen molar-refractivity contribution < 1.29 is 14.3 Å². The minimum absolute atomic E-state index is 0.402. The molecule has 0 amide bonds. The van der Waals surface area contributed by atoms with E-state index in [1.54, 1.807) is 13.3 Å². The molecule has 3 aromatic rings. The van der Waals surface area contributed by atoms with E-state index in [-0.39, 0.29) is 0 Å². The molecular formula is C14H12N2O3S. The monoisotopic (exact) mass is 288 g/mol. The molecule has 0 fully saturated rings. The normalized spacial score (nSPS) is 10.9. The molecule has 0 saturated heterocycles. The lowest BCUT2D eigenvalue weighted by molar-refractivity contribution is 0.0607. The molecule has 20 heavy (non-hydrogen) atoms. The fourth-order valence-corrected chi connectivity index (χ4v) is 3.24. The summed E-state index contributed by atoms with van der Waals surface area (Å²) in [5.74, 6) is 0.304. The summed E-state index contributed by atoms with van der Waals surface area (Å²) in [5, 5.41) is 1.67. The van der Waals surface area contributed by atoms with Crippen LogP contribution in [0.3, 0.4) is 0 Å². The summed E-state index contributed by atoms with van der Waals surface area (Å²) in [7, 11) is 2.95. The zero-order valence-electron chi connectivity index (χ0n) is 11.0. The number of esters is 1. The largest absolute Gasteiger partial charge is 0.497 e. The SMILES string of the molecule is COC(=O)c1sc2c(cnc3ccc(OC)cc32)c1N. The first-order valence-electron chi connectivity index (χ1n) is 5.88. The van der Waals surface area contributed by atoms with Gasteiger partial charge < -0.3 is 15.2 Å². The Morgan fingerprint density at radius 2 is 2.10 bits per heavy atom. The van der Waals surface area contributed by atoms with E-state index >= 15 is 0 Å². The Hall–Kier alpha value is -2.34. The molecule has 2 heterocycles. The van der Waals surface area contributed by atoms with Crippen molar-refractivity contribution in [1.29, 1.82) is 0 Å². The summed E-state index contributed by atoms with van der Waals surface area (Å²) < 4.78 is 10.9. The Kier molecular flexibility index (Phi) is 2.94. The Bertz CT molecular complexity index is 826. The maximum atomic E-state index is 11.7. The molecular weight excluding hydrogens is 276 g/mol. The number of nitrogen functional groups attached to an aromatic ring is 1. The smallest absolute Gasteiger partial charge is 0.350 e. The van der Waals surface area contributed by atoms with Crippen LogP contribution >= 0.6 is 11.3 Å². The maximum Gasteiger partial charge on any atom is 0.350 e. The molecule has 2 aromatic heterocycles. The quantitative estimate of drug-likeness (QED) is 0.734. The number of pyridine rings is 1. The second kappa shape index (κ2) is 4.64. The molecule has 0 aliphatic heterocycles. The van der Waals surface area contributed by atoms with E-state index in [4.69, 9.17) is 15.2 Å². The van der Waals surface area contributed by atoms with Crippen LogP contribution in [0.5, 0.6) is 5.75 Å². The lowest BCUT2D eigenvalue weighted by Gasteiger charge is -2.02. The van der Waals surface area contributed by atoms with Gasteiger partial charge in [-0.2, -0.15) is 0 Å². The summed E-state index contributed by atoms with van der Waals surface area (Å²) >= 11 is 1.31. The molecule has 0 atom stereocenters. The highest BCUT2D eigenvalue weighted by Gasteiger charge is 2.18. The summed E-state index contributed by atoms with van der Waals surface area (Å²) in [6.07, 6.45) is 1.68. The van der Waals surface area contributed by atoms with Crippen LogP contribution in [0.15, 0.2) is 24.4 Å². The van der Waals surface area contributed by atoms with Crippen LogP contribution in [0.25, 0.3) is 21.0 Å². The number of benzene rings is 1. The lowest BCUT2D eigenvalue weighted by Crippen LogP contribution is -2.01. The number of aromatic nitrogens is 1. The average molecular weight is 288 g/mol. The van der Waals surface area contributed by atoms with E-state index in [1.165, 1.54) is 18.4 Å². The van der Waals surface area contributed by atoms with E-state index in [0.717, 1.165) is 26.7 Å². The first kappa shape index (κ1) is 12.7. The van der Waals surface area contributed by atoms with Crippen molar-refractivity contribution in [1.82, 2.24) is 4.98 Å². The van der Waals surface area contributed by atoms with Crippen LogP contribution in [-0.2, 0) is 4.74 Å². The fraction of sp³-hybridized carbons (Fsp3) is 0.143. The van der Waals surface area contributed by atoms with Gasteiger partial charge in [0, 0.05) is 21.7 Å². The van der Waals surface area contributed by atoms with Crippen molar-refractivity contribution in [3.8, 4) is 5.75 Å². The van der Waals surface area contributed by atoms with Gasteiger partial charge in [0.15, 0.2) is 0 Å². The Morgan fingerprint density at radius 3 is 2.80 bits per heavy atom. The van der Waals surface area contributed by atoms with Gasteiger partial charge in [0.2, 0.25) is 0 Å². The maximum absolute atomic E-state index is 11.7. The van der Waals surface area contributed by atoms with Gasteiger partial charge in [0.25, 0.3) is 0 Å². The first-order chi connectivity index (χ1) is 9.65. The third-order valence-corrected chi connectivity index (χ3v) is 4.37. The molecule has 2 N–H and O–H groups in total. The van der Waals surface area contributed by atoms with E-state index in [9.17, 15) is 4.79 Å². The zero-order chi connectivity index (χ0) is 14.3. The molecule has 102 valence electrons. The van der Waals surface area contributed by atoms with Gasteiger partial charge in [-0.15, -0.1) is 11.3 Å². The number of rotatable bonds is 2. The number of hydrogen-bond donors (Lipinski definition) is 1. The van der Waals surface area contributed by atoms with Gasteiger partial charge in [0.1, 0.15) is 10.6 Å². The molecule has 0 spiro atoms. The average Bonchev–Trinajstić information content (AvgIpc) is 2.83. The topological polar surface area (TPSA) is 74.4 Å². The number of methoxy groups -OCH3 is 2. The summed E-state index contributed by atoms with van der Waals surface area (Å²) in [5.41, 5.74) is 7.26. The number of thiophene rings is 1. The van der Waals surface area contributed by atoms with Crippen LogP contribution in [-0.4, -0.2) is 25.2 Å². The van der Waals surface area contributed by atoms with E-state index in [1.807, 2.05) is 18.2 Å². The molecule has 5 nitrogen and oxygen atoms in total. The van der Waals surface area contributed by atoms with Crippen LogP contribution < -0.4 is 10.5 Å². The molecule has 1 aromatic carbocycles. The van der Waals surface area contributed by atoms with Gasteiger partial charge in [-0.05, 0) is 18.2 Å². The molecule has 6 heteroatoms. The number of hydrogen-bond acceptors (Lipinski definition) is 6. The van der Waals surface area contributed by atoms with Gasteiger partial charge in [-0.25, -0.2) is 4.79 Å². The Balaban J connectivity index is 2.38. The van der Waals surface area contributed by atoms with Crippen LogP contribution in [0, 0.1) is 0 Å². The van der Waals surface area contributed by atoms with Gasteiger partial charge >= 0.3 is 5.97 Å². The Labute approximate surface area is 118 Å². The number of carbonyl (C=O) groups is 1. The van der Waals surface area contributed by atoms with Gasteiger partial charge in [0.05, 0.1) is 25.4 Å². The van der Waals surface area contributed by atoms with E-state index in [0.29, 0.717) is 10.6 Å². The van der Waals surface area contributed by atoms with Crippen molar-refractivity contribution in [3.05, 3.63) is 29.3 Å². The molecule has 0 aliphatic carbocycles. The minimum Gasteiger partial charge on any atom is -0.497 e. The van der Waals surface area contributed by atoms with Crippen molar-refractivity contribution in [2.75, 3.05) is 20.0 Å². The van der Waals surface area contributed by atoms with Crippen molar-refractivity contribution in [2.45, 2.75) is 0 Å². The number of carbonyl (C=O) groups excluding carboxylic acids is 1. The number of nitrogens with zero attached hydrogens (tertiary/aromatic N) is 1. The van der Waals surface area contributed by atoms with Crippen LogP contribution in [0.2, 0.25) is 0 Å². The van der Waals surface area contributed by atoms with Gasteiger partial charge in [-0.1, -0.05) is 0 Å². The van der Waals surface area contributed by atoms with Crippen molar-refractivity contribution in [2.24, 2.45) is 0 Å². The van der Waals surface area contributed by atoms with Crippen LogP contribution in [0.1, 0.15) is 9.67 Å². The highest BCUT2D eigenvalue weighted by Crippen LogP contribution is 2.38. The predicted octanol–water partition coefficient (Wildman–Crippen LogP) is 2.83. The second-order valence-corrected chi connectivity index (χ2v) is 5.24. The summed E-state index contributed by atoms with van der Waals surface area (Å²) in [6, 6.07) is 5.61. The molecule has 3 rings (SSSR count). The van der Waals surface area contributed by atoms with E-state index in [2.05, 4.69) is 4.98 Å². The highest BCUT2D eigenvalue weighted by atomic mass is 32.1. The molecule has 0 saturated carbocycles. The summed E-state index contributed by atoms with van der Waals surface area (Å²) in [4.78, 5) is 16.5. The number of anilines is 1. The zero-order valence-corrected chi connectivity index (χ0v) is 11.8. The van der Waals surface area contributed by atoms with Crippen molar-refractivity contribution >= 4 is 44.0 Å². The number of nitrogens with two attached hydrogens (primary N) is 1. The first-order valence-corrected chi connectivity index (χ1v) is 6.70. The standard InChI is InChI=1S/C14H12N2O3S/c1-18-7-3-4-10-8(5-7)12-9(6-16-10)11(15)13(20-12)14(17)19-2/h3-6H,15H2,1-2H3. The third-order valence-electron chi connectivity index (χ3n) is 3.14. The number of ether oxygens (including phenoxy) is 2. The van der Waals surface area contributed by atoms with Gasteiger partial charge in [-0.3, -0.25) is 4.98 Å². The Morgan fingerprint density at radius 1 is 1.30 bits per heavy atom. The van der Waals surface area contributed by atoms with Crippen molar-refractivity contribution in [3.63, 3.8) is 0 Å². The third kappa shape index (κ3) is 1.77. The molecule has 0 aliphatic rings. The highest BCUT2D eigenvalue weighted by molar-refractivity contribution is 7.22. The number of fused-ring (bicyclic) bond motifs is 3. The second-order valence-electron chi connectivity index (χ2n) is 4.22.